The van der Waals surface area contributed by atoms with Gasteiger partial charge >= 0.3 is 0 Å². The summed E-state index contributed by atoms with van der Waals surface area (Å²) in [5.74, 6) is 0.936. The normalized spacial score (nSPS) is 15.1. The first kappa shape index (κ1) is 12.2. The van der Waals surface area contributed by atoms with Gasteiger partial charge in [-0.15, -0.1) is 0 Å². The van der Waals surface area contributed by atoms with Crippen LogP contribution in [0.1, 0.15) is 30.0 Å². The predicted octanol–water partition coefficient (Wildman–Crippen LogP) is 2.15. The molecule has 0 saturated heterocycles. The molecule has 1 aromatic carbocycles. The Labute approximate surface area is 113 Å². The molecule has 19 heavy (non-hydrogen) atoms. The van der Waals surface area contributed by atoms with Gasteiger partial charge in [-0.2, -0.15) is 0 Å². The Morgan fingerprint density at radius 1 is 1.47 bits per heavy atom. The lowest BCUT2D eigenvalue weighted by atomic mass is 10.0. The van der Waals surface area contributed by atoms with E-state index in [-0.39, 0.29) is 0 Å². The highest BCUT2D eigenvalue weighted by atomic mass is 16.3. The van der Waals surface area contributed by atoms with E-state index in [1.54, 1.807) is 6.20 Å². The van der Waals surface area contributed by atoms with Crippen molar-refractivity contribution in [2.75, 3.05) is 11.9 Å². The highest BCUT2D eigenvalue weighted by Gasteiger charge is 2.20. The number of aryl methyl sites for hydroxylation is 1. The van der Waals surface area contributed by atoms with Gasteiger partial charge in [0.05, 0.1) is 6.10 Å². The Bertz CT molecular complexity index is 577. The molecule has 2 aromatic rings. The second kappa shape index (κ2) is 5.05. The third-order valence-electron chi connectivity index (χ3n) is 3.76. The zero-order chi connectivity index (χ0) is 13.2. The minimum Gasteiger partial charge on any atom is -0.388 e. The third-order valence-corrected chi connectivity index (χ3v) is 3.76. The summed E-state index contributed by atoms with van der Waals surface area (Å²) in [5, 5.41) is 13.9. The number of nitrogens with one attached hydrogen (secondary N) is 1. The number of aromatic nitrogens is 2. The lowest BCUT2D eigenvalue weighted by Gasteiger charge is -2.15. The van der Waals surface area contributed by atoms with Gasteiger partial charge in [-0.25, -0.2) is 4.98 Å². The topological polar surface area (TPSA) is 50.1 Å². The molecule has 4 nitrogen and oxygen atoms in total. The van der Waals surface area contributed by atoms with E-state index >= 15 is 0 Å². The van der Waals surface area contributed by atoms with Gasteiger partial charge in [0.1, 0.15) is 5.82 Å². The van der Waals surface area contributed by atoms with Crippen LogP contribution in [0.2, 0.25) is 0 Å². The quantitative estimate of drug-likeness (QED) is 0.882. The van der Waals surface area contributed by atoms with Crippen LogP contribution in [0.5, 0.6) is 0 Å². The van der Waals surface area contributed by atoms with Crippen molar-refractivity contribution in [3.63, 3.8) is 0 Å². The van der Waals surface area contributed by atoms with E-state index in [1.807, 2.05) is 18.3 Å². The summed E-state index contributed by atoms with van der Waals surface area (Å²) in [7, 11) is 0. The van der Waals surface area contributed by atoms with Gasteiger partial charge in [0.15, 0.2) is 0 Å². The summed E-state index contributed by atoms with van der Waals surface area (Å²) in [4.78, 5) is 4.33. The van der Waals surface area contributed by atoms with Crippen molar-refractivity contribution >= 4 is 5.69 Å². The second-order valence-corrected chi connectivity index (χ2v) is 4.91. The molecule has 2 N–H and O–H groups in total. The van der Waals surface area contributed by atoms with Crippen LogP contribution in [-0.2, 0) is 19.4 Å². The van der Waals surface area contributed by atoms with Crippen molar-refractivity contribution in [1.29, 1.82) is 0 Å². The van der Waals surface area contributed by atoms with E-state index in [4.69, 9.17) is 0 Å². The van der Waals surface area contributed by atoms with E-state index in [0.29, 0.717) is 6.42 Å². The van der Waals surface area contributed by atoms with E-state index in [9.17, 15) is 5.11 Å². The van der Waals surface area contributed by atoms with Crippen LogP contribution >= 0.6 is 0 Å². The fourth-order valence-corrected chi connectivity index (χ4v) is 2.74. The van der Waals surface area contributed by atoms with Gasteiger partial charge in [0, 0.05) is 43.2 Å². The van der Waals surface area contributed by atoms with Gasteiger partial charge < -0.3 is 15.0 Å². The first-order valence-corrected chi connectivity index (χ1v) is 6.83. The molecular weight excluding hydrogens is 238 g/mol. The third kappa shape index (κ3) is 2.24. The summed E-state index contributed by atoms with van der Waals surface area (Å²) >= 11 is 0. The minimum absolute atomic E-state index is 0.506. The highest BCUT2D eigenvalue weighted by Crippen LogP contribution is 2.32. The van der Waals surface area contributed by atoms with Gasteiger partial charge in [0.2, 0.25) is 0 Å². The fraction of sp³-hybridized carbons (Fsp3) is 0.400. The maximum absolute atomic E-state index is 10.5. The summed E-state index contributed by atoms with van der Waals surface area (Å²) in [6.45, 7) is 3.93. The van der Waals surface area contributed by atoms with Crippen LogP contribution in [0.25, 0.3) is 0 Å². The van der Waals surface area contributed by atoms with Crippen LogP contribution in [0.3, 0.4) is 0 Å². The van der Waals surface area contributed by atoms with Crippen LogP contribution in [0.4, 0.5) is 5.69 Å². The lowest BCUT2D eigenvalue weighted by Crippen LogP contribution is -2.09. The molecule has 0 aliphatic carbocycles. The standard InChI is InChI=1S/C15H19N3O/c1-2-18-9-8-16-14(18)10-13(19)12-5-3-4-11-6-7-17-15(11)12/h3-5,8-9,13,17,19H,2,6-7,10H2,1H3. The number of benzene rings is 1. The average molecular weight is 257 g/mol. The zero-order valence-electron chi connectivity index (χ0n) is 11.1. The number of aliphatic hydroxyl groups is 1. The molecule has 0 fully saturated rings. The molecule has 1 aliphatic rings. The Morgan fingerprint density at radius 2 is 2.37 bits per heavy atom. The number of hydrogen-bond donors (Lipinski definition) is 2. The molecule has 1 atom stereocenters. The van der Waals surface area contributed by atoms with E-state index in [0.717, 1.165) is 36.6 Å². The first-order valence-electron chi connectivity index (χ1n) is 6.83. The largest absolute Gasteiger partial charge is 0.388 e. The van der Waals surface area contributed by atoms with Crippen molar-refractivity contribution < 1.29 is 5.11 Å². The summed E-state index contributed by atoms with van der Waals surface area (Å²) < 4.78 is 2.07. The van der Waals surface area contributed by atoms with Crippen LogP contribution in [0, 0.1) is 0 Å². The molecule has 0 amide bonds. The fourth-order valence-electron chi connectivity index (χ4n) is 2.74. The smallest absolute Gasteiger partial charge is 0.111 e. The molecule has 0 radical (unpaired) electrons. The van der Waals surface area contributed by atoms with Crippen LogP contribution in [-0.4, -0.2) is 21.2 Å². The summed E-state index contributed by atoms with van der Waals surface area (Å²) in [6.07, 6.45) is 4.83. The van der Waals surface area contributed by atoms with Crippen LogP contribution < -0.4 is 5.32 Å². The van der Waals surface area contributed by atoms with Crippen molar-refractivity contribution in [3.05, 3.63) is 47.5 Å². The molecule has 3 rings (SSSR count). The second-order valence-electron chi connectivity index (χ2n) is 4.91. The van der Waals surface area contributed by atoms with Crippen molar-refractivity contribution in [2.45, 2.75) is 32.4 Å². The first-order chi connectivity index (χ1) is 9.29. The van der Waals surface area contributed by atoms with Gasteiger partial charge in [0.25, 0.3) is 0 Å². The number of imidazole rings is 1. The Hall–Kier alpha value is -1.81. The predicted molar refractivity (Wildman–Crippen MR) is 75.2 cm³/mol. The van der Waals surface area contributed by atoms with E-state index in [2.05, 4.69) is 27.9 Å². The van der Waals surface area contributed by atoms with E-state index in [1.165, 1.54) is 5.56 Å². The number of aliphatic hydroxyl groups excluding tert-OH is 1. The molecule has 4 heteroatoms. The Kier molecular flexibility index (Phi) is 3.25. The van der Waals surface area contributed by atoms with Crippen LogP contribution in [0.15, 0.2) is 30.6 Å². The Balaban J connectivity index is 1.85. The van der Waals surface area contributed by atoms with Gasteiger partial charge in [-0.3, -0.25) is 0 Å². The Morgan fingerprint density at radius 3 is 3.21 bits per heavy atom. The highest BCUT2D eigenvalue weighted by molar-refractivity contribution is 5.61. The molecular formula is C15H19N3O. The zero-order valence-corrected chi connectivity index (χ0v) is 11.1. The number of para-hydroxylation sites is 1. The minimum atomic E-state index is -0.506. The maximum Gasteiger partial charge on any atom is 0.111 e. The lowest BCUT2D eigenvalue weighted by molar-refractivity contribution is 0.175. The molecule has 100 valence electrons. The molecule has 1 unspecified atom stereocenters. The van der Waals surface area contributed by atoms with Crippen molar-refractivity contribution in [3.8, 4) is 0 Å². The molecule has 2 heterocycles. The summed E-state index contributed by atoms with van der Waals surface area (Å²) in [5.41, 5.74) is 3.40. The van der Waals surface area contributed by atoms with Gasteiger partial charge in [-0.1, -0.05) is 18.2 Å². The average Bonchev–Trinajstić information content (AvgIpc) is 3.05. The summed E-state index contributed by atoms with van der Waals surface area (Å²) in [6, 6.07) is 6.15. The molecule has 0 saturated carbocycles. The van der Waals surface area contributed by atoms with Gasteiger partial charge in [-0.05, 0) is 18.9 Å². The maximum atomic E-state index is 10.5. The number of rotatable bonds is 4. The van der Waals surface area contributed by atoms with Crippen molar-refractivity contribution in [1.82, 2.24) is 9.55 Å². The SMILES string of the molecule is CCn1ccnc1CC(O)c1cccc2c1NCC2. The number of fused-ring (bicyclic) bond motifs is 1. The number of hydrogen-bond acceptors (Lipinski definition) is 3. The molecule has 0 bridgehead atoms. The monoisotopic (exact) mass is 257 g/mol. The molecule has 1 aromatic heterocycles. The molecule has 0 spiro atoms. The van der Waals surface area contributed by atoms with Crippen molar-refractivity contribution in [2.24, 2.45) is 0 Å². The number of anilines is 1. The van der Waals surface area contributed by atoms with E-state index < -0.39 is 6.10 Å². The number of nitrogens with zero attached hydrogens (tertiary/aromatic N) is 2. The molecule has 1 aliphatic heterocycles.